The van der Waals surface area contributed by atoms with Crippen molar-refractivity contribution in [1.82, 2.24) is 0 Å². The van der Waals surface area contributed by atoms with Gasteiger partial charge >= 0.3 is 0 Å². The Morgan fingerprint density at radius 3 is 2.48 bits per heavy atom. The number of hydrogen-bond acceptors (Lipinski definition) is 5. The van der Waals surface area contributed by atoms with Crippen LogP contribution in [0.3, 0.4) is 0 Å². The van der Waals surface area contributed by atoms with Gasteiger partial charge < -0.3 is 19.2 Å². The van der Waals surface area contributed by atoms with Crippen LogP contribution in [0.1, 0.15) is 6.92 Å². The number of carbonyl (C=O) groups excluding carboxylic acids is 1. The standard InChI is InChI=1S/C25H19Cl2NO5/c1-14(25(30)28-17-9-11-21(31-2)19(27)13-17)32-24-22(29)18-12-16(26)8-10-20(18)33-23(24)15-6-4-3-5-7-15/h3-14H,1-2H3,(H,28,30). The van der Waals surface area contributed by atoms with Crippen LogP contribution in [0.5, 0.6) is 11.5 Å². The number of carbonyl (C=O) groups is 1. The Morgan fingerprint density at radius 1 is 1.03 bits per heavy atom. The zero-order valence-corrected chi connectivity index (χ0v) is 19.2. The summed E-state index contributed by atoms with van der Waals surface area (Å²) in [5.41, 5.74) is 1.03. The molecule has 168 valence electrons. The van der Waals surface area contributed by atoms with Crippen LogP contribution in [0, 0.1) is 0 Å². The zero-order valence-electron chi connectivity index (χ0n) is 17.7. The van der Waals surface area contributed by atoms with E-state index in [0.29, 0.717) is 32.6 Å². The van der Waals surface area contributed by atoms with Crippen molar-refractivity contribution in [2.75, 3.05) is 12.4 Å². The maximum absolute atomic E-state index is 13.3. The van der Waals surface area contributed by atoms with Gasteiger partial charge in [-0.3, -0.25) is 9.59 Å². The Balaban J connectivity index is 1.69. The first-order chi connectivity index (χ1) is 15.9. The van der Waals surface area contributed by atoms with Crippen LogP contribution in [-0.4, -0.2) is 19.1 Å². The van der Waals surface area contributed by atoms with Crippen LogP contribution >= 0.6 is 23.2 Å². The molecule has 33 heavy (non-hydrogen) atoms. The van der Waals surface area contributed by atoms with Gasteiger partial charge in [0, 0.05) is 16.3 Å². The van der Waals surface area contributed by atoms with Crippen molar-refractivity contribution in [2.45, 2.75) is 13.0 Å². The largest absolute Gasteiger partial charge is 0.495 e. The van der Waals surface area contributed by atoms with E-state index in [1.165, 1.54) is 20.1 Å². The lowest BCUT2D eigenvalue weighted by atomic mass is 10.1. The van der Waals surface area contributed by atoms with Crippen molar-refractivity contribution in [3.63, 3.8) is 0 Å². The molecule has 0 saturated heterocycles. The van der Waals surface area contributed by atoms with Crippen LogP contribution in [0.4, 0.5) is 5.69 Å². The van der Waals surface area contributed by atoms with E-state index in [2.05, 4.69) is 5.32 Å². The summed E-state index contributed by atoms with van der Waals surface area (Å²) >= 11 is 12.2. The molecule has 4 aromatic rings. The van der Waals surface area contributed by atoms with E-state index in [4.69, 9.17) is 37.1 Å². The predicted octanol–water partition coefficient (Wildman–Crippen LogP) is 6.18. The number of rotatable bonds is 6. The average molecular weight is 484 g/mol. The first-order valence-corrected chi connectivity index (χ1v) is 10.8. The second-order valence-corrected chi connectivity index (χ2v) is 8.04. The molecular formula is C25H19Cl2NO5. The maximum atomic E-state index is 13.3. The molecule has 0 aliphatic heterocycles. The van der Waals surface area contributed by atoms with Gasteiger partial charge in [0.1, 0.15) is 11.3 Å². The van der Waals surface area contributed by atoms with Gasteiger partial charge in [0.2, 0.25) is 11.2 Å². The highest BCUT2D eigenvalue weighted by atomic mass is 35.5. The number of halogens is 2. The minimum atomic E-state index is -1.02. The second-order valence-electron chi connectivity index (χ2n) is 7.19. The molecule has 0 aliphatic carbocycles. The summed E-state index contributed by atoms with van der Waals surface area (Å²) in [5, 5.41) is 3.71. The van der Waals surface area contributed by atoms with Crippen molar-refractivity contribution in [3.05, 3.63) is 87.0 Å². The van der Waals surface area contributed by atoms with Gasteiger partial charge in [0.15, 0.2) is 11.9 Å². The number of fused-ring (bicyclic) bond motifs is 1. The minimum absolute atomic E-state index is 0.0774. The number of amides is 1. The molecule has 1 N–H and O–H groups in total. The lowest BCUT2D eigenvalue weighted by Crippen LogP contribution is -2.31. The first kappa shape index (κ1) is 22.7. The van der Waals surface area contributed by atoms with Gasteiger partial charge in [-0.1, -0.05) is 53.5 Å². The number of ether oxygens (including phenoxy) is 2. The van der Waals surface area contributed by atoms with Crippen molar-refractivity contribution < 1.29 is 18.7 Å². The molecule has 0 bridgehead atoms. The lowest BCUT2D eigenvalue weighted by molar-refractivity contribution is -0.122. The normalized spacial score (nSPS) is 11.8. The van der Waals surface area contributed by atoms with E-state index >= 15 is 0 Å². The van der Waals surface area contributed by atoms with Crippen LogP contribution in [0.25, 0.3) is 22.3 Å². The Bertz CT molecular complexity index is 1390. The van der Waals surface area contributed by atoms with Gasteiger partial charge in [-0.2, -0.15) is 0 Å². The first-order valence-electron chi connectivity index (χ1n) is 10.00. The summed E-state index contributed by atoms with van der Waals surface area (Å²) in [6.45, 7) is 1.54. The third kappa shape index (κ3) is 4.82. The van der Waals surface area contributed by atoms with Gasteiger partial charge in [-0.15, -0.1) is 0 Å². The quantitative estimate of drug-likeness (QED) is 0.354. The minimum Gasteiger partial charge on any atom is -0.495 e. The number of hydrogen-bond donors (Lipinski definition) is 1. The lowest BCUT2D eigenvalue weighted by Gasteiger charge is -2.17. The summed E-state index contributed by atoms with van der Waals surface area (Å²) in [7, 11) is 1.50. The molecule has 0 aliphatic rings. The van der Waals surface area contributed by atoms with Crippen LogP contribution in [-0.2, 0) is 4.79 Å². The van der Waals surface area contributed by atoms with E-state index < -0.39 is 17.4 Å². The third-order valence-electron chi connectivity index (χ3n) is 4.93. The summed E-state index contributed by atoms with van der Waals surface area (Å²) in [4.78, 5) is 26.1. The molecule has 0 spiro atoms. The topological polar surface area (TPSA) is 77.8 Å². The number of anilines is 1. The average Bonchev–Trinajstić information content (AvgIpc) is 2.81. The van der Waals surface area contributed by atoms with Crippen LogP contribution in [0.2, 0.25) is 10.0 Å². The fraction of sp³-hybridized carbons (Fsp3) is 0.120. The van der Waals surface area contributed by atoms with E-state index in [9.17, 15) is 9.59 Å². The molecule has 0 radical (unpaired) electrons. The number of methoxy groups -OCH3 is 1. The highest BCUT2D eigenvalue weighted by Gasteiger charge is 2.23. The van der Waals surface area contributed by atoms with E-state index in [-0.39, 0.29) is 16.9 Å². The Morgan fingerprint density at radius 2 is 1.79 bits per heavy atom. The second kappa shape index (κ2) is 9.57. The molecule has 1 atom stereocenters. The van der Waals surface area contributed by atoms with Crippen LogP contribution in [0.15, 0.2) is 75.9 Å². The van der Waals surface area contributed by atoms with Crippen molar-refractivity contribution >= 4 is 45.8 Å². The molecule has 0 saturated carbocycles. The smallest absolute Gasteiger partial charge is 0.265 e. The molecule has 1 heterocycles. The van der Waals surface area contributed by atoms with E-state index in [1.807, 2.05) is 18.2 Å². The van der Waals surface area contributed by atoms with Crippen molar-refractivity contribution in [3.8, 4) is 22.8 Å². The molecule has 1 amide bonds. The Kier molecular flexibility index (Phi) is 6.58. The number of benzene rings is 3. The van der Waals surface area contributed by atoms with Gasteiger partial charge in [-0.25, -0.2) is 0 Å². The fourth-order valence-corrected chi connectivity index (χ4v) is 3.69. The van der Waals surface area contributed by atoms with Gasteiger partial charge in [0.05, 0.1) is 17.5 Å². The fourth-order valence-electron chi connectivity index (χ4n) is 3.26. The Hall–Kier alpha value is -3.48. The molecular weight excluding hydrogens is 465 g/mol. The van der Waals surface area contributed by atoms with E-state index in [1.54, 1.807) is 42.5 Å². The SMILES string of the molecule is COc1ccc(NC(=O)C(C)Oc2c(-c3ccccc3)oc3ccc(Cl)cc3c2=O)cc1Cl. The molecule has 8 heteroatoms. The monoisotopic (exact) mass is 483 g/mol. The summed E-state index contributed by atoms with van der Waals surface area (Å²) < 4.78 is 17.0. The highest BCUT2D eigenvalue weighted by molar-refractivity contribution is 6.32. The summed E-state index contributed by atoms with van der Waals surface area (Å²) in [5.74, 6) is 0.161. The number of nitrogens with one attached hydrogen (secondary N) is 1. The van der Waals surface area contributed by atoms with Crippen molar-refractivity contribution in [2.24, 2.45) is 0 Å². The predicted molar refractivity (Wildman–Crippen MR) is 130 cm³/mol. The molecule has 1 unspecified atom stereocenters. The zero-order chi connectivity index (χ0) is 23.5. The van der Waals surface area contributed by atoms with Gasteiger partial charge in [0.25, 0.3) is 5.91 Å². The molecule has 1 aromatic heterocycles. The third-order valence-corrected chi connectivity index (χ3v) is 5.46. The van der Waals surface area contributed by atoms with Gasteiger partial charge in [-0.05, 0) is 43.3 Å². The molecule has 3 aromatic carbocycles. The Labute approximate surface area is 199 Å². The summed E-state index contributed by atoms with van der Waals surface area (Å²) in [6.07, 6.45) is -1.02. The maximum Gasteiger partial charge on any atom is 0.265 e. The van der Waals surface area contributed by atoms with Crippen molar-refractivity contribution in [1.29, 1.82) is 0 Å². The van der Waals surface area contributed by atoms with Crippen LogP contribution < -0.4 is 20.2 Å². The molecule has 6 nitrogen and oxygen atoms in total. The summed E-state index contributed by atoms with van der Waals surface area (Å²) in [6, 6.07) is 18.7. The molecule has 4 rings (SSSR count). The highest BCUT2D eigenvalue weighted by Crippen LogP contribution is 2.32. The van der Waals surface area contributed by atoms with E-state index in [0.717, 1.165) is 0 Å². The molecule has 0 fully saturated rings.